The van der Waals surface area contributed by atoms with E-state index in [1.165, 1.54) is 54.6 Å². The number of aryl methyl sites for hydroxylation is 1. The molecule has 5 aromatic rings. The molecule has 1 N–H and O–H groups in total. The first-order valence-corrected chi connectivity index (χ1v) is 17.1. The maximum absolute atomic E-state index is 13.6. The molecule has 52 heavy (non-hydrogen) atoms. The van der Waals surface area contributed by atoms with Crippen molar-refractivity contribution in [2.24, 2.45) is 0 Å². The molecule has 6 rings (SSSR count). The summed E-state index contributed by atoms with van der Waals surface area (Å²) in [7, 11) is -5.08. The molecule has 2 heterocycles. The van der Waals surface area contributed by atoms with Gasteiger partial charge in [-0.25, -0.2) is 23.4 Å². The molecule has 1 aliphatic rings. The molecule has 5 atom stereocenters. The fourth-order valence-electron chi connectivity index (χ4n) is 5.47. The van der Waals surface area contributed by atoms with E-state index in [-0.39, 0.29) is 28.0 Å². The Balaban J connectivity index is 1.46. The fourth-order valence-corrected chi connectivity index (χ4v) is 5.78. The highest BCUT2D eigenvalue weighted by molar-refractivity contribution is 7.80. The van der Waals surface area contributed by atoms with Gasteiger partial charge in [-0.15, -0.1) is 0 Å². The van der Waals surface area contributed by atoms with Crippen LogP contribution in [-0.4, -0.2) is 68.2 Å². The summed E-state index contributed by atoms with van der Waals surface area (Å²) in [5.41, 5.74) is 0.368. The summed E-state index contributed by atoms with van der Waals surface area (Å²) < 4.78 is 72.8. The van der Waals surface area contributed by atoms with Crippen molar-refractivity contribution >= 4 is 39.3 Å². The number of benzene rings is 4. The monoisotopic (exact) mass is 730 g/mol. The van der Waals surface area contributed by atoms with Gasteiger partial charge in [-0.3, -0.25) is 4.55 Å². The first-order chi connectivity index (χ1) is 24.9. The van der Waals surface area contributed by atoms with Crippen LogP contribution in [0.5, 0.6) is 5.75 Å². The van der Waals surface area contributed by atoms with Crippen LogP contribution in [0.4, 0.5) is 0 Å². The van der Waals surface area contributed by atoms with E-state index in [4.69, 9.17) is 28.1 Å². The van der Waals surface area contributed by atoms with Crippen LogP contribution in [0.3, 0.4) is 0 Å². The van der Waals surface area contributed by atoms with Crippen LogP contribution in [0, 0.1) is 6.92 Å². The predicted molar refractivity (Wildman–Crippen MR) is 181 cm³/mol. The minimum atomic E-state index is -5.08. The second kappa shape index (κ2) is 15.6. The van der Waals surface area contributed by atoms with Crippen LogP contribution in [0.1, 0.15) is 36.6 Å². The van der Waals surface area contributed by atoms with Gasteiger partial charge in [0.05, 0.1) is 23.3 Å². The van der Waals surface area contributed by atoms with Crippen LogP contribution in [0.15, 0.2) is 124 Å². The number of carbonyl (C=O) groups is 3. The minimum absolute atomic E-state index is 0.0225. The lowest BCUT2D eigenvalue weighted by molar-refractivity contribution is -0.274. The maximum Gasteiger partial charge on any atom is 0.397 e. The summed E-state index contributed by atoms with van der Waals surface area (Å²) in [5.74, 6) is -2.77. The van der Waals surface area contributed by atoms with Gasteiger partial charge in [0.15, 0.2) is 12.2 Å². The fraction of sp³-hybridized carbons (Fsp3) is 0.189. The maximum atomic E-state index is 13.6. The zero-order chi connectivity index (χ0) is 36.8. The molecule has 0 bridgehead atoms. The SMILES string of the molecule is Cc1cc(=O)oc2cc(O[C@@H]3O[C@@H](COS(=O)(=O)O)[C@@H](OC(=O)c4ccccc4)[C@@H](OC(=O)c4ccccc4)[C@H]3OC(=O)c3ccccc3)ccc12. The predicted octanol–water partition coefficient (Wildman–Crippen LogP) is 4.70. The zero-order valence-corrected chi connectivity index (χ0v) is 28.0. The Kier molecular flexibility index (Phi) is 10.8. The molecule has 1 saturated heterocycles. The molecule has 0 saturated carbocycles. The van der Waals surface area contributed by atoms with E-state index in [2.05, 4.69) is 4.18 Å². The number of hydrogen-bond donors (Lipinski definition) is 1. The van der Waals surface area contributed by atoms with Gasteiger partial charge >= 0.3 is 33.9 Å². The van der Waals surface area contributed by atoms with Crippen molar-refractivity contribution in [3.05, 3.63) is 148 Å². The van der Waals surface area contributed by atoms with E-state index in [0.29, 0.717) is 10.9 Å². The number of ether oxygens (including phenoxy) is 5. The summed E-state index contributed by atoms with van der Waals surface area (Å²) in [6.07, 6.45) is -8.55. The van der Waals surface area contributed by atoms with Crippen molar-refractivity contribution in [1.82, 2.24) is 0 Å². The molecule has 0 spiro atoms. The van der Waals surface area contributed by atoms with Crippen LogP contribution in [0.25, 0.3) is 11.0 Å². The van der Waals surface area contributed by atoms with Gasteiger partial charge in [-0.1, -0.05) is 54.6 Å². The molecule has 14 nitrogen and oxygen atoms in total. The Morgan fingerprint density at radius 3 is 1.71 bits per heavy atom. The van der Waals surface area contributed by atoms with Gasteiger partial charge in [-0.05, 0) is 61.0 Å². The Labute approximate surface area is 296 Å². The van der Waals surface area contributed by atoms with Crippen molar-refractivity contribution in [3.63, 3.8) is 0 Å². The molecule has 0 radical (unpaired) electrons. The van der Waals surface area contributed by atoms with Gasteiger partial charge in [0.2, 0.25) is 12.4 Å². The van der Waals surface area contributed by atoms with E-state index in [1.54, 1.807) is 67.6 Å². The number of fused-ring (bicyclic) bond motifs is 1. The Morgan fingerprint density at radius 1 is 0.692 bits per heavy atom. The second-order valence-corrected chi connectivity index (χ2v) is 12.6. The molecule has 0 amide bonds. The normalized spacial score (nSPS) is 20.1. The highest BCUT2D eigenvalue weighted by atomic mass is 32.3. The van der Waals surface area contributed by atoms with Crippen molar-refractivity contribution in [2.45, 2.75) is 37.6 Å². The summed E-state index contributed by atoms with van der Waals surface area (Å²) in [6.45, 7) is 0.738. The smallest absolute Gasteiger partial charge is 0.397 e. The lowest BCUT2D eigenvalue weighted by Crippen LogP contribution is -2.63. The molecular weight excluding hydrogens is 700 g/mol. The average molecular weight is 731 g/mol. The first-order valence-electron chi connectivity index (χ1n) is 15.7. The number of carbonyl (C=O) groups excluding carboxylic acids is 3. The highest BCUT2D eigenvalue weighted by Crippen LogP contribution is 2.33. The first kappa shape index (κ1) is 35.9. The average Bonchev–Trinajstić information content (AvgIpc) is 3.13. The molecule has 15 heteroatoms. The van der Waals surface area contributed by atoms with E-state index < -0.39 is 71.2 Å². The molecule has 0 unspecified atom stereocenters. The van der Waals surface area contributed by atoms with Crippen LogP contribution in [-0.2, 0) is 33.5 Å². The number of hydrogen-bond acceptors (Lipinski definition) is 13. The minimum Gasteiger partial charge on any atom is -0.461 e. The Bertz CT molecular complexity index is 2220. The molecule has 268 valence electrons. The van der Waals surface area contributed by atoms with Gasteiger partial charge < -0.3 is 28.1 Å². The van der Waals surface area contributed by atoms with Crippen molar-refractivity contribution in [2.75, 3.05) is 6.61 Å². The number of rotatable bonds is 11. The molecule has 0 aliphatic carbocycles. The van der Waals surface area contributed by atoms with Gasteiger partial charge in [0, 0.05) is 17.5 Å². The van der Waals surface area contributed by atoms with Gasteiger partial charge in [0.25, 0.3) is 0 Å². The quantitative estimate of drug-likeness (QED) is 0.0851. The molecule has 4 aromatic carbocycles. The van der Waals surface area contributed by atoms with Gasteiger partial charge in [-0.2, -0.15) is 8.42 Å². The third-order valence-corrected chi connectivity index (χ3v) is 8.34. The topological polar surface area (TPSA) is 191 Å². The van der Waals surface area contributed by atoms with Crippen LogP contribution < -0.4 is 10.4 Å². The standard InChI is InChI=1S/C37H30O14S/c1-22-19-30(38)47-28-20-26(17-18-27(22)28)46-37-33(51-36(41)25-15-9-4-10-16-25)32(50-35(40)24-13-7-3-8-14-24)31(29(48-37)21-45-52(42,43)44)49-34(39)23-11-5-2-6-12-23/h2-20,29,31-33,37H,21H2,1H3,(H,42,43,44)/t29-,31+,32+,33+,37+/m0/s1. The van der Waals surface area contributed by atoms with Crippen LogP contribution >= 0.6 is 0 Å². The van der Waals surface area contributed by atoms with E-state index in [0.717, 1.165) is 0 Å². The molecule has 1 fully saturated rings. The third-order valence-electron chi connectivity index (χ3n) is 7.91. The molecule has 1 aromatic heterocycles. The Morgan fingerprint density at radius 2 is 1.19 bits per heavy atom. The van der Waals surface area contributed by atoms with E-state index >= 15 is 0 Å². The summed E-state index contributed by atoms with van der Waals surface area (Å²) in [5, 5.41) is 0.588. The molecule has 1 aliphatic heterocycles. The van der Waals surface area contributed by atoms with Crippen LogP contribution in [0.2, 0.25) is 0 Å². The van der Waals surface area contributed by atoms with Crippen molar-refractivity contribution in [3.8, 4) is 5.75 Å². The third kappa shape index (κ3) is 8.70. The lowest BCUT2D eigenvalue weighted by atomic mass is 9.97. The summed E-state index contributed by atoms with van der Waals surface area (Å²) in [6, 6.07) is 29.0. The van der Waals surface area contributed by atoms with Crippen molar-refractivity contribution < 1.29 is 59.6 Å². The largest absolute Gasteiger partial charge is 0.461 e. The van der Waals surface area contributed by atoms with E-state index in [1.807, 2.05) is 0 Å². The lowest BCUT2D eigenvalue weighted by Gasteiger charge is -2.44. The summed E-state index contributed by atoms with van der Waals surface area (Å²) >= 11 is 0. The van der Waals surface area contributed by atoms with Crippen molar-refractivity contribution in [1.29, 1.82) is 0 Å². The Hall–Kier alpha value is -5.87. The molecular formula is C37H30O14S. The van der Waals surface area contributed by atoms with E-state index in [9.17, 15) is 32.1 Å². The van der Waals surface area contributed by atoms with Gasteiger partial charge in [0.1, 0.15) is 17.4 Å². The summed E-state index contributed by atoms with van der Waals surface area (Å²) in [4.78, 5) is 52.8. The zero-order valence-electron chi connectivity index (χ0n) is 27.2. The number of esters is 3. The highest BCUT2D eigenvalue weighted by Gasteiger charge is 2.54. The second-order valence-electron chi connectivity index (χ2n) is 11.5.